The van der Waals surface area contributed by atoms with Gasteiger partial charge in [-0.2, -0.15) is 0 Å². The minimum absolute atomic E-state index is 0. The fourth-order valence-electron chi connectivity index (χ4n) is 0. The zero-order valence-corrected chi connectivity index (χ0v) is 2.42. The molecule has 4 nitrogen and oxygen atoms in total. The van der Waals surface area contributed by atoms with Gasteiger partial charge in [0.1, 0.15) is 0 Å². The molecular weight excluding hydrogens is 160 g/mol. The average Bonchev–Trinajstić information content (AvgIpc) is 0.811. The van der Waals surface area contributed by atoms with E-state index in [4.69, 9.17) is 15.1 Å². The third kappa shape index (κ3) is 43.3. The molecule has 0 aromatic heterocycles. The second kappa shape index (κ2) is 9.86. The van der Waals surface area contributed by atoms with Gasteiger partial charge in [0.25, 0.3) is 0 Å². The van der Waals surface area contributed by atoms with E-state index in [1.165, 1.54) is 0 Å². The third-order valence-electron chi connectivity index (χ3n) is 0. The monoisotopic (exact) mass is 166 g/mol. The third-order valence-corrected chi connectivity index (χ3v) is 0. The summed E-state index contributed by atoms with van der Waals surface area (Å²) >= 11 is 0. The minimum atomic E-state index is -2.17. The van der Waals surface area contributed by atoms with E-state index < -0.39 is 7.32 Å². The number of hydrogen-bond donors (Lipinski definition) is 3. The Bertz CT molecular complexity index is 12.3. The quantitative estimate of drug-likeness (QED) is 0.326. The van der Waals surface area contributed by atoms with Crippen LogP contribution in [0, 0.1) is 0 Å². The van der Waals surface area contributed by atoms with Crippen molar-refractivity contribution in [1.82, 2.24) is 0 Å². The van der Waals surface area contributed by atoms with Crippen LogP contribution in [0.5, 0.6) is 0 Å². The maximum absolute atomic E-state index is 7.17. The van der Waals surface area contributed by atoms with Crippen LogP contribution in [0.25, 0.3) is 0 Å². The van der Waals surface area contributed by atoms with Gasteiger partial charge in [0.05, 0.1) is 0 Å². The first-order valence-corrected chi connectivity index (χ1v) is 0.775. The van der Waals surface area contributed by atoms with Crippen molar-refractivity contribution < 1.29 is 20.5 Å². The van der Waals surface area contributed by atoms with Crippen molar-refractivity contribution >= 4 is 65.5 Å². The van der Waals surface area contributed by atoms with Gasteiger partial charge in [-0.25, -0.2) is 0 Å². The van der Waals surface area contributed by atoms with Gasteiger partial charge in [-0.05, 0) is 0 Å². The number of hydrogen-bond acceptors (Lipinski definition) is 3. The molecule has 0 rings (SSSR count). The van der Waals surface area contributed by atoms with E-state index in [0.717, 1.165) is 0 Å². The van der Waals surface area contributed by atoms with Crippen molar-refractivity contribution in [1.29, 1.82) is 0 Å². The van der Waals surface area contributed by atoms with E-state index in [2.05, 4.69) is 0 Å². The van der Waals surface area contributed by atoms with Crippen LogP contribution in [0.2, 0.25) is 0 Å². The molecule has 0 aromatic carbocycles. The Morgan fingerprint density at radius 1 is 1.00 bits per heavy atom. The number of rotatable bonds is 0. The molecule has 0 radical (unpaired) electrons. The molecule has 0 bridgehead atoms. The van der Waals surface area contributed by atoms with Crippen molar-refractivity contribution in [2.75, 3.05) is 0 Å². The SMILES string of the molecule is O.OB(O)O.[RbH]. The summed E-state index contributed by atoms with van der Waals surface area (Å²) in [4.78, 5) is 0. The molecule has 0 heterocycles. The van der Waals surface area contributed by atoms with Gasteiger partial charge in [0.15, 0.2) is 0 Å². The van der Waals surface area contributed by atoms with E-state index in [9.17, 15) is 0 Å². The summed E-state index contributed by atoms with van der Waals surface area (Å²) in [5.41, 5.74) is 0. The molecule has 0 saturated carbocycles. The summed E-state index contributed by atoms with van der Waals surface area (Å²) in [5, 5.41) is 21.5. The molecule has 0 aromatic rings. The van der Waals surface area contributed by atoms with Crippen LogP contribution >= 0.6 is 0 Å². The summed E-state index contributed by atoms with van der Waals surface area (Å²) in [6, 6.07) is 0. The first-order valence-electron chi connectivity index (χ1n) is 0.775. The van der Waals surface area contributed by atoms with Crippen molar-refractivity contribution in [3.05, 3.63) is 0 Å². The Hall–Kier alpha value is 1.71. The molecular formula is H6BO4Rb. The molecule has 6 heavy (non-hydrogen) atoms. The van der Waals surface area contributed by atoms with E-state index in [1.54, 1.807) is 0 Å². The Balaban J connectivity index is -0.0000000450. The zero-order chi connectivity index (χ0) is 3.58. The normalized spacial score (nSPS) is 4.50. The molecule has 0 aliphatic rings. The summed E-state index contributed by atoms with van der Waals surface area (Å²) in [7, 11) is -2.17. The van der Waals surface area contributed by atoms with Crippen molar-refractivity contribution in [3.63, 3.8) is 0 Å². The van der Waals surface area contributed by atoms with Gasteiger partial charge in [-0.15, -0.1) is 0 Å². The van der Waals surface area contributed by atoms with Crippen LogP contribution < -0.4 is 0 Å². The molecule has 0 saturated heterocycles. The molecule has 0 aliphatic carbocycles. The predicted molar refractivity (Wildman–Crippen MR) is 23.2 cm³/mol. The van der Waals surface area contributed by atoms with Gasteiger partial charge in [-0.3, -0.25) is 0 Å². The van der Waals surface area contributed by atoms with E-state index in [0.29, 0.717) is 0 Å². The average molecular weight is 166 g/mol. The first kappa shape index (κ1) is 15.6. The van der Waals surface area contributed by atoms with Gasteiger partial charge < -0.3 is 20.5 Å². The standard InChI is InChI=1S/BH3O3.H2O.Rb.H/c2-1(3)4;;;/h2-4H;1H2;;. The van der Waals surface area contributed by atoms with Crippen LogP contribution in [0.4, 0.5) is 0 Å². The first-order chi connectivity index (χ1) is 1.73. The second-order valence-electron chi connectivity index (χ2n) is 0.346. The molecule has 0 amide bonds. The van der Waals surface area contributed by atoms with Crippen LogP contribution in [0.3, 0.4) is 0 Å². The fourth-order valence-corrected chi connectivity index (χ4v) is 0. The van der Waals surface area contributed by atoms with Crippen molar-refractivity contribution in [2.45, 2.75) is 0 Å². The van der Waals surface area contributed by atoms with Crippen LogP contribution in [-0.4, -0.2) is 86.1 Å². The summed E-state index contributed by atoms with van der Waals surface area (Å²) in [6.45, 7) is 0. The van der Waals surface area contributed by atoms with Gasteiger partial charge in [0.2, 0.25) is 0 Å². The summed E-state index contributed by atoms with van der Waals surface area (Å²) in [6.07, 6.45) is 0. The van der Waals surface area contributed by atoms with Gasteiger partial charge >= 0.3 is 65.5 Å². The van der Waals surface area contributed by atoms with Crippen LogP contribution in [0.1, 0.15) is 0 Å². The predicted octanol–water partition coefficient (Wildman–Crippen LogP) is -3.52. The molecule has 34 valence electrons. The van der Waals surface area contributed by atoms with Crippen LogP contribution in [-0.2, 0) is 0 Å². The topological polar surface area (TPSA) is 92.2 Å². The Morgan fingerprint density at radius 3 is 1.00 bits per heavy atom. The molecule has 5 N–H and O–H groups in total. The summed E-state index contributed by atoms with van der Waals surface area (Å²) < 4.78 is 0. The van der Waals surface area contributed by atoms with Gasteiger partial charge in [-0.1, -0.05) is 0 Å². The molecule has 6 heteroatoms. The fraction of sp³-hybridized carbons (Fsp3) is 0. The van der Waals surface area contributed by atoms with Gasteiger partial charge in [0, 0.05) is 0 Å². The summed E-state index contributed by atoms with van der Waals surface area (Å²) in [5.74, 6) is 0. The molecule has 0 spiro atoms. The van der Waals surface area contributed by atoms with E-state index in [-0.39, 0.29) is 63.7 Å². The van der Waals surface area contributed by atoms with Crippen molar-refractivity contribution in [2.24, 2.45) is 0 Å². The Kier molecular flexibility index (Phi) is 25.7. The molecule has 0 unspecified atom stereocenters. The zero-order valence-electron chi connectivity index (χ0n) is 2.42. The van der Waals surface area contributed by atoms with E-state index >= 15 is 0 Å². The van der Waals surface area contributed by atoms with Crippen LogP contribution in [0.15, 0.2) is 0 Å². The Labute approximate surface area is 84.5 Å². The maximum atomic E-state index is 7.17. The van der Waals surface area contributed by atoms with Crippen molar-refractivity contribution in [3.8, 4) is 0 Å². The van der Waals surface area contributed by atoms with E-state index in [1.807, 2.05) is 0 Å². The molecule has 0 atom stereocenters. The molecule has 0 aliphatic heterocycles. The molecule has 0 fully saturated rings. The second-order valence-corrected chi connectivity index (χ2v) is 0.346. The Morgan fingerprint density at radius 2 is 1.00 bits per heavy atom.